The molecule has 120 valence electrons. The fourth-order valence-corrected chi connectivity index (χ4v) is 3.63. The van der Waals surface area contributed by atoms with Crippen molar-refractivity contribution >= 4 is 43.0 Å². The van der Waals surface area contributed by atoms with E-state index in [9.17, 15) is 13.2 Å². The minimum absolute atomic E-state index is 0.0480. The SMILES string of the molecule is CCCCCS(=O)(=O)CC(=O)Nc1cc2ccc(Br)cn2n1. The Morgan fingerprint density at radius 2 is 2.14 bits per heavy atom. The van der Waals surface area contributed by atoms with Crippen molar-refractivity contribution in [2.24, 2.45) is 0 Å². The number of halogens is 1. The number of rotatable bonds is 7. The molecule has 0 spiro atoms. The molecule has 22 heavy (non-hydrogen) atoms. The number of unbranched alkanes of at least 4 members (excludes halogenated alkanes) is 2. The lowest BCUT2D eigenvalue weighted by Crippen LogP contribution is -2.24. The zero-order valence-electron chi connectivity index (χ0n) is 12.3. The Labute approximate surface area is 137 Å². The topological polar surface area (TPSA) is 80.5 Å². The van der Waals surface area contributed by atoms with Crippen LogP contribution in [0.1, 0.15) is 26.2 Å². The number of nitrogens with zero attached hydrogens (tertiary/aromatic N) is 2. The molecule has 0 aliphatic rings. The van der Waals surface area contributed by atoms with E-state index in [1.807, 2.05) is 19.1 Å². The van der Waals surface area contributed by atoms with Crippen LogP contribution in [0.4, 0.5) is 5.82 Å². The third kappa shape index (κ3) is 4.81. The third-order valence-corrected chi connectivity index (χ3v) is 5.18. The van der Waals surface area contributed by atoms with Crippen molar-refractivity contribution < 1.29 is 13.2 Å². The first-order chi connectivity index (χ1) is 10.4. The first-order valence-electron chi connectivity index (χ1n) is 7.05. The Morgan fingerprint density at radius 1 is 1.36 bits per heavy atom. The van der Waals surface area contributed by atoms with Crippen molar-refractivity contribution in [3.05, 3.63) is 28.9 Å². The maximum Gasteiger partial charge on any atom is 0.240 e. The lowest BCUT2D eigenvalue weighted by molar-refractivity contribution is -0.113. The van der Waals surface area contributed by atoms with Gasteiger partial charge in [0.05, 0.1) is 11.3 Å². The molecule has 0 radical (unpaired) electrons. The molecular weight excluding hydrogens is 370 g/mol. The summed E-state index contributed by atoms with van der Waals surface area (Å²) in [4.78, 5) is 11.9. The highest BCUT2D eigenvalue weighted by molar-refractivity contribution is 9.10. The van der Waals surface area contributed by atoms with Crippen LogP contribution in [-0.4, -0.2) is 35.4 Å². The fourth-order valence-electron chi connectivity index (χ4n) is 2.05. The van der Waals surface area contributed by atoms with E-state index in [-0.39, 0.29) is 5.75 Å². The van der Waals surface area contributed by atoms with E-state index in [1.54, 1.807) is 16.8 Å². The smallest absolute Gasteiger partial charge is 0.240 e. The molecule has 0 unspecified atom stereocenters. The molecule has 2 rings (SSSR count). The largest absolute Gasteiger partial charge is 0.308 e. The van der Waals surface area contributed by atoms with Gasteiger partial charge in [0.25, 0.3) is 0 Å². The van der Waals surface area contributed by atoms with Crippen molar-refractivity contribution in [1.82, 2.24) is 9.61 Å². The quantitative estimate of drug-likeness (QED) is 0.740. The monoisotopic (exact) mass is 387 g/mol. The molecule has 2 aromatic heterocycles. The number of pyridine rings is 1. The number of nitrogens with one attached hydrogen (secondary N) is 1. The van der Waals surface area contributed by atoms with E-state index in [0.29, 0.717) is 12.2 Å². The molecule has 0 atom stereocenters. The van der Waals surface area contributed by atoms with Crippen LogP contribution in [0.15, 0.2) is 28.9 Å². The van der Waals surface area contributed by atoms with Gasteiger partial charge in [-0.3, -0.25) is 4.79 Å². The lowest BCUT2D eigenvalue weighted by Gasteiger charge is -2.03. The zero-order valence-corrected chi connectivity index (χ0v) is 14.7. The lowest BCUT2D eigenvalue weighted by atomic mass is 10.3. The standard InChI is InChI=1S/C14H18BrN3O3S/c1-2-3-4-7-22(20,21)10-14(19)16-13-8-12-6-5-11(15)9-18(12)17-13/h5-6,8-9H,2-4,7,10H2,1H3,(H,16,17,19). The predicted molar refractivity (Wildman–Crippen MR) is 89.7 cm³/mol. The molecule has 8 heteroatoms. The summed E-state index contributed by atoms with van der Waals surface area (Å²) in [6.07, 6.45) is 4.14. The van der Waals surface area contributed by atoms with Crippen LogP contribution in [0.3, 0.4) is 0 Å². The van der Waals surface area contributed by atoms with Gasteiger partial charge in [0.1, 0.15) is 5.75 Å². The van der Waals surface area contributed by atoms with Crippen LogP contribution in [-0.2, 0) is 14.6 Å². The van der Waals surface area contributed by atoms with Crippen molar-refractivity contribution in [2.45, 2.75) is 26.2 Å². The number of hydrogen-bond acceptors (Lipinski definition) is 4. The van der Waals surface area contributed by atoms with Gasteiger partial charge >= 0.3 is 0 Å². The number of sulfone groups is 1. The minimum Gasteiger partial charge on any atom is -0.308 e. The Balaban J connectivity index is 1.98. The van der Waals surface area contributed by atoms with Gasteiger partial charge in [-0.05, 0) is 34.5 Å². The summed E-state index contributed by atoms with van der Waals surface area (Å²) in [6.45, 7) is 2.00. The van der Waals surface area contributed by atoms with Crippen molar-refractivity contribution in [3.8, 4) is 0 Å². The summed E-state index contributed by atoms with van der Waals surface area (Å²) in [7, 11) is -3.36. The molecule has 6 nitrogen and oxygen atoms in total. The van der Waals surface area contributed by atoms with Crippen LogP contribution in [0.2, 0.25) is 0 Å². The highest BCUT2D eigenvalue weighted by Gasteiger charge is 2.17. The van der Waals surface area contributed by atoms with E-state index in [2.05, 4.69) is 26.3 Å². The third-order valence-electron chi connectivity index (χ3n) is 3.10. The van der Waals surface area contributed by atoms with Crippen LogP contribution >= 0.6 is 15.9 Å². The van der Waals surface area contributed by atoms with Gasteiger partial charge in [0, 0.05) is 16.7 Å². The molecule has 0 saturated heterocycles. The molecule has 0 aliphatic heterocycles. The molecule has 0 aliphatic carbocycles. The van der Waals surface area contributed by atoms with Crippen molar-refractivity contribution in [3.63, 3.8) is 0 Å². The number of carbonyl (C=O) groups is 1. The molecule has 1 N–H and O–H groups in total. The van der Waals surface area contributed by atoms with Gasteiger partial charge in [-0.15, -0.1) is 5.10 Å². The van der Waals surface area contributed by atoms with Gasteiger partial charge in [0.15, 0.2) is 15.7 Å². The van der Waals surface area contributed by atoms with Crippen LogP contribution in [0.5, 0.6) is 0 Å². The maximum atomic E-state index is 11.9. The molecule has 0 saturated carbocycles. The van der Waals surface area contributed by atoms with E-state index in [1.165, 1.54) is 0 Å². The number of aromatic nitrogens is 2. The molecular formula is C14H18BrN3O3S. The second-order valence-electron chi connectivity index (χ2n) is 5.09. The van der Waals surface area contributed by atoms with Crippen LogP contribution in [0.25, 0.3) is 5.52 Å². The predicted octanol–water partition coefficient (Wildman–Crippen LogP) is 2.64. The van der Waals surface area contributed by atoms with Gasteiger partial charge in [0.2, 0.25) is 5.91 Å². The summed E-state index contributed by atoms with van der Waals surface area (Å²) in [5, 5.41) is 6.71. The second kappa shape index (κ2) is 7.23. The first kappa shape index (κ1) is 17.0. The number of fused-ring (bicyclic) bond motifs is 1. The van der Waals surface area contributed by atoms with Crippen LogP contribution < -0.4 is 5.32 Å². The summed E-state index contributed by atoms with van der Waals surface area (Å²) >= 11 is 3.33. The minimum atomic E-state index is -3.36. The number of amides is 1. The number of hydrogen-bond donors (Lipinski definition) is 1. The molecule has 0 aromatic carbocycles. The fraction of sp³-hybridized carbons (Fsp3) is 0.429. The van der Waals surface area contributed by atoms with Gasteiger partial charge in [-0.25, -0.2) is 12.9 Å². The number of anilines is 1. The molecule has 0 bridgehead atoms. The Hall–Kier alpha value is -1.41. The van der Waals surface area contributed by atoms with E-state index >= 15 is 0 Å². The molecule has 2 aromatic rings. The normalized spacial score (nSPS) is 11.7. The molecule has 1 amide bonds. The average molecular weight is 388 g/mol. The second-order valence-corrected chi connectivity index (χ2v) is 8.19. The maximum absolute atomic E-state index is 11.9. The summed E-state index contributed by atoms with van der Waals surface area (Å²) < 4.78 is 26.1. The van der Waals surface area contributed by atoms with Gasteiger partial charge in [-0.2, -0.15) is 0 Å². The molecule has 0 fully saturated rings. The van der Waals surface area contributed by atoms with Gasteiger partial charge in [-0.1, -0.05) is 19.8 Å². The Bertz CT molecular complexity index is 771. The van der Waals surface area contributed by atoms with Crippen molar-refractivity contribution in [2.75, 3.05) is 16.8 Å². The van der Waals surface area contributed by atoms with Crippen LogP contribution in [0, 0.1) is 0 Å². The van der Waals surface area contributed by atoms with Crippen molar-refractivity contribution in [1.29, 1.82) is 0 Å². The summed E-state index contributed by atoms with van der Waals surface area (Å²) in [5.41, 5.74) is 0.810. The average Bonchev–Trinajstić information content (AvgIpc) is 2.79. The Kier molecular flexibility index (Phi) is 5.57. The summed E-state index contributed by atoms with van der Waals surface area (Å²) in [6, 6.07) is 5.39. The Morgan fingerprint density at radius 3 is 2.86 bits per heavy atom. The van der Waals surface area contributed by atoms with E-state index < -0.39 is 21.5 Å². The number of carbonyl (C=O) groups excluding carboxylic acids is 1. The van der Waals surface area contributed by atoms with E-state index in [4.69, 9.17) is 0 Å². The summed E-state index contributed by atoms with van der Waals surface area (Å²) in [5.74, 6) is -0.675. The zero-order chi connectivity index (χ0) is 16.2. The first-order valence-corrected chi connectivity index (χ1v) is 9.66. The molecule has 2 heterocycles. The van der Waals surface area contributed by atoms with E-state index in [0.717, 1.165) is 22.8 Å². The highest BCUT2D eigenvalue weighted by atomic mass is 79.9. The van der Waals surface area contributed by atoms with Gasteiger partial charge < -0.3 is 5.32 Å². The highest BCUT2D eigenvalue weighted by Crippen LogP contribution is 2.15.